The Morgan fingerprint density at radius 2 is 1.49 bits per heavy atom. The maximum atomic E-state index is 13.5. The van der Waals surface area contributed by atoms with Gasteiger partial charge in [-0.05, 0) is 85.2 Å². The molecule has 1 saturated carbocycles. The maximum Gasteiger partial charge on any atom is 0.306 e. The van der Waals surface area contributed by atoms with Gasteiger partial charge in [0.25, 0.3) is 0 Å². The number of hydrogen-bond acceptors (Lipinski definition) is 7. The fourth-order valence-corrected chi connectivity index (χ4v) is 7.88. The van der Waals surface area contributed by atoms with Gasteiger partial charge in [-0.15, -0.1) is 0 Å². The standard InChI is InChI=1S/C32H42N2O7/c1-7-33-12-9-20-15-26(38-3)28(40-5)17-23(20)30(33)25-14-22(31(36)37)8-11-32(25)24-18-29(41-6)27(39-4)16-21(24)10-13-34(32)19(2)35/h15-18,22,25,30H,7-14H2,1-6H3,(H,36,37). The summed E-state index contributed by atoms with van der Waals surface area (Å²) in [5.74, 6) is 1.10. The molecule has 0 aromatic heterocycles. The number of carboxylic acids is 1. The molecule has 2 aromatic rings. The molecule has 1 spiro atoms. The van der Waals surface area contributed by atoms with E-state index in [1.807, 2.05) is 17.0 Å². The topological polar surface area (TPSA) is 97.8 Å². The summed E-state index contributed by atoms with van der Waals surface area (Å²) in [4.78, 5) is 30.5. The molecule has 1 N–H and O–H groups in total. The number of methoxy groups -OCH3 is 4. The summed E-state index contributed by atoms with van der Waals surface area (Å²) in [6, 6.07) is 8.06. The van der Waals surface area contributed by atoms with E-state index in [1.54, 1.807) is 35.4 Å². The number of fused-ring (bicyclic) bond motifs is 3. The molecule has 0 radical (unpaired) electrons. The molecule has 3 aliphatic rings. The molecule has 0 saturated heterocycles. The summed E-state index contributed by atoms with van der Waals surface area (Å²) in [7, 11) is 6.53. The van der Waals surface area contributed by atoms with Crippen molar-refractivity contribution < 1.29 is 33.6 Å². The highest BCUT2D eigenvalue weighted by Gasteiger charge is 2.57. The summed E-state index contributed by atoms with van der Waals surface area (Å²) >= 11 is 0. The van der Waals surface area contributed by atoms with Crippen molar-refractivity contribution in [2.45, 2.75) is 57.5 Å². The molecule has 222 valence electrons. The molecule has 1 fully saturated rings. The lowest BCUT2D eigenvalue weighted by atomic mass is 9.58. The number of hydrogen-bond donors (Lipinski definition) is 1. The third kappa shape index (κ3) is 4.68. The van der Waals surface area contributed by atoms with Crippen LogP contribution in [0, 0.1) is 11.8 Å². The first-order chi connectivity index (χ1) is 19.7. The Bertz CT molecular complexity index is 1330. The van der Waals surface area contributed by atoms with Gasteiger partial charge in [-0.2, -0.15) is 0 Å². The van der Waals surface area contributed by atoms with Gasteiger partial charge < -0.3 is 29.0 Å². The van der Waals surface area contributed by atoms with E-state index in [4.69, 9.17) is 18.9 Å². The largest absolute Gasteiger partial charge is 0.493 e. The van der Waals surface area contributed by atoms with E-state index in [0.717, 1.165) is 36.2 Å². The number of nitrogens with zero attached hydrogens (tertiary/aromatic N) is 2. The highest BCUT2D eigenvalue weighted by atomic mass is 16.5. The maximum absolute atomic E-state index is 13.5. The summed E-state index contributed by atoms with van der Waals surface area (Å²) in [6.45, 7) is 5.96. The zero-order valence-corrected chi connectivity index (χ0v) is 25.0. The molecule has 0 bridgehead atoms. The summed E-state index contributed by atoms with van der Waals surface area (Å²) < 4.78 is 22.8. The van der Waals surface area contributed by atoms with Gasteiger partial charge in [-0.1, -0.05) is 6.92 Å². The monoisotopic (exact) mass is 566 g/mol. The van der Waals surface area contributed by atoms with E-state index in [9.17, 15) is 14.7 Å². The number of rotatable bonds is 7. The van der Waals surface area contributed by atoms with Crippen molar-refractivity contribution >= 4 is 11.9 Å². The van der Waals surface area contributed by atoms with Crippen molar-refractivity contribution in [2.75, 3.05) is 48.1 Å². The molecule has 4 unspecified atom stereocenters. The highest BCUT2D eigenvalue weighted by molar-refractivity contribution is 5.76. The number of ether oxygens (including phenoxy) is 4. The third-order valence-corrected chi connectivity index (χ3v) is 9.73. The zero-order valence-electron chi connectivity index (χ0n) is 25.0. The number of benzene rings is 2. The molecule has 1 aliphatic carbocycles. The highest BCUT2D eigenvalue weighted by Crippen LogP contribution is 2.58. The van der Waals surface area contributed by atoms with Crippen LogP contribution in [0.5, 0.6) is 23.0 Å². The molecule has 1 amide bonds. The van der Waals surface area contributed by atoms with Crippen LogP contribution in [-0.4, -0.2) is 74.9 Å². The first kappa shape index (κ1) is 29.0. The minimum absolute atomic E-state index is 0.00407. The van der Waals surface area contributed by atoms with Gasteiger partial charge in [0.1, 0.15) is 0 Å². The fourth-order valence-electron chi connectivity index (χ4n) is 7.88. The van der Waals surface area contributed by atoms with Crippen LogP contribution in [-0.2, 0) is 28.0 Å². The predicted molar refractivity (Wildman–Crippen MR) is 154 cm³/mol. The minimum atomic E-state index is -0.783. The molecule has 2 aromatic carbocycles. The molecule has 9 nitrogen and oxygen atoms in total. The fraction of sp³-hybridized carbons (Fsp3) is 0.562. The Balaban J connectivity index is 1.80. The minimum Gasteiger partial charge on any atom is -0.493 e. The van der Waals surface area contributed by atoms with Crippen LogP contribution in [0.15, 0.2) is 24.3 Å². The molecule has 9 heteroatoms. The SMILES string of the molecule is CCN1CCc2cc(OC)c(OC)cc2C1C1CC(C(=O)O)CCC12c1cc(OC)c(OC)cc1CCN2C(C)=O. The van der Waals surface area contributed by atoms with Gasteiger partial charge in [0.2, 0.25) is 5.91 Å². The lowest BCUT2D eigenvalue weighted by Gasteiger charge is -2.59. The number of carboxylic acid groups (broad SMARTS) is 1. The van der Waals surface area contributed by atoms with E-state index in [0.29, 0.717) is 55.2 Å². The van der Waals surface area contributed by atoms with Crippen LogP contribution in [0.3, 0.4) is 0 Å². The van der Waals surface area contributed by atoms with Crippen molar-refractivity contribution in [2.24, 2.45) is 11.8 Å². The third-order valence-electron chi connectivity index (χ3n) is 9.73. The summed E-state index contributed by atoms with van der Waals surface area (Å²) in [5, 5.41) is 10.3. The lowest BCUT2D eigenvalue weighted by Crippen LogP contribution is -2.62. The van der Waals surface area contributed by atoms with E-state index in [2.05, 4.69) is 24.0 Å². The zero-order chi connectivity index (χ0) is 29.5. The Hall–Kier alpha value is -3.46. The average molecular weight is 567 g/mol. The quantitative estimate of drug-likeness (QED) is 0.526. The first-order valence-corrected chi connectivity index (χ1v) is 14.5. The first-order valence-electron chi connectivity index (χ1n) is 14.5. The molecular weight excluding hydrogens is 524 g/mol. The van der Waals surface area contributed by atoms with E-state index < -0.39 is 17.4 Å². The van der Waals surface area contributed by atoms with Crippen molar-refractivity contribution in [3.63, 3.8) is 0 Å². The van der Waals surface area contributed by atoms with Gasteiger partial charge >= 0.3 is 5.97 Å². The number of likely N-dealkylation sites (N-methyl/N-ethyl adjacent to an activating group) is 1. The number of aliphatic carboxylic acids is 1. The Morgan fingerprint density at radius 1 is 0.902 bits per heavy atom. The van der Waals surface area contributed by atoms with Gasteiger partial charge in [0, 0.05) is 32.0 Å². The molecular formula is C32H42N2O7. The predicted octanol–water partition coefficient (Wildman–Crippen LogP) is 4.44. The van der Waals surface area contributed by atoms with Crippen molar-refractivity contribution in [3.8, 4) is 23.0 Å². The second kappa shape index (κ2) is 11.4. The number of carbonyl (C=O) groups excluding carboxylic acids is 1. The van der Waals surface area contributed by atoms with Crippen LogP contribution >= 0.6 is 0 Å². The Kier molecular flexibility index (Phi) is 8.10. The van der Waals surface area contributed by atoms with Crippen LogP contribution in [0.25, 0.3) is 0 Å². The second-order valence-electron chi connectivity index (χ2n) is 11.4. The van der Waals surface area contributed by atoms with Gasteiger partial charge in [-0.3, -0.25) is 14.5 Å². The lowest BCUT2D eigenvalue weighted by molar-refractivity contribution is -0.154. The van der Waals surface area contributed by atoms with Crippen LogP contribution in [0.4, 0.5) is 0 Å². The van der Waals surface area contributed by atoms with Crippen molar-refractivity contribution in [1.29, 1.82) is 0 Å². The van der Waals surface area contributed by atoms with E-state index >= 15 is 0 Å². The van der Waals surface area contributed by atoms with Crippen LogP contribution < -0.4 is 18.9 Å². The van der Waals surface area contributed by atoms with Crippen LogP contribution in [0.2, 0.25) is 0 Å². The molecule has 4 atom stereocenters. The Morgan fingerprint density at radius 3 is 2.07 bits per heavy atom. The molecule has 2 aliphatic heterocycles. The van der Waals surface area contributed by atoms with Gasteiger partial charge in [0.15, 0.2) is 23.0 Å². The summed E-state index contributed by atoms with van der Waals surface area (Å²) in [5.41, 5.74) is 3.72. The smallest absolute Gasteiger partial charge is 0.306 e. The molecule has 41 heavy (non-hydrogen) atoms. The van der Waals surface area contributed by atoms with Crippen LogP contribution in [0.1, 0.15) is 61.4 Å². The molecule has 2 heterocycles. The number of carbonyl (C=O) groups is 2. The average Bonchev–Trinajstić information content (AvgIpc) is 2.99. The van der Waals surface area contributed by atoms with Gasteiger partial charge in [0.05, 0.1) is 39.9 Å². The van der Waals surface area contributed by atoms with E-state index in [1.165, 1.54) is 5.56 Å². The Labute approximate surface area is 242 Å². The molecule has 5 rings (SSSR count). The summed E-state index contributed by atoms with van der Waals surface area (Å²) in [6.07, 6.45) is 3.02. The second-order valence-corrected chi connectivity index (χ2v) is 11.4. The number of amides is 1. The van der Waals surface area contributed by atoms with Crippen molar-refractivity contribution in [1.82, 2.24) is 9.80 Å². The normalized spacial score (nSPS) is 25.7. The van der Waals surface area contributed by atoms with Gasteiger partial charge in [-0.25, -0.2) is 0 Å². The van der Waals surface area contributed by atoms with Crippen molar-refractivity contribution in [3.05, 3.63) is 46.5 Å². The van der Waals surface area contributed by atoms with E-state index in [-0.39, 0.29) is 17.9 Å².